The van der Waals surface area contributed by atoms with Gasteiger partial charge in [0.25, 0.3) is 5.24 Å². The number of carbonyl (C=O) groups excluding carboxylic acids is 1. The van der Waals surface area contributed by atoms with Crippen LogP contribution >= 0.6 is 11.6 Å². The molecule has 0 fully saturated rings. The highest BCUT2D eigenvalue weighted by molar-refractivity contribution is 6.67. The van der Waals surface area contributed by atoms with Crippen LogP contribution in [0, 0.1) is 6.92 Å². The summed E-state index contributed by atoms with van der Waals surface area (Å²) in [6.45, 7) is 1.96. The summed E-state index contributed by atoms with van der Waals surface area (Å²) in [6.07, 6.45) is 1.83. The van der Waals surface area contributed by atoms with E-state index in [0.717, 1.165) is 11.1 Å². The maximum atomic E-state index is 11.0. The van der Waals surface area contributed by atoms with Crippen LogP contribution in [0.1, 0.15) is 16.1 Å². The van der Waals surface area contributed by atoms with Crippen molar-refractivity contribution in [1.82, 2.24) is 4.40 Å². The zero-order valence-electron chi connectivity index (χ0n) is 7.12. The molecule has 0 bridgehead atoms. The largest absolute Gasteiger partial charge is 0.313 e. The molecule has 0 unspecified atom stereocenters. The first-order valence-corrected chi connectivity index (χ1v) is 4.34. The van der Waals surface area contributed by atoms with Crippen LogP contribution in [0.25, 0.3) is 5.52 Å². The Labute approximate surface area is 80.7 Å². The average Bonchev–Trinajstić information content (AvgIpc) is 2.45. The number of hydrogen-bond acceptors (Lipinski definition) is 1. The molecule has 0 atom stereocenters. The second-order valence-corrected chi connectivity index (χ2v) is 3.29. The molecule has 3 heteroatoms. The predicted molar refractivity (Wildman–Crippen MR) is 52.3 cm³/mol. The van der Waals surface area contributed by atoms with E-state index < -0.39 is 5.24 Å². The Morgan fingerprint density at radius 2 is 2.23 bits per heavy atom. The van der Waals surface area contributed by atoms with E-state index in [0.29, 0.717) is 5.69 Å². The number of nitrogens with zero attached hydrogens (tertiary/aromatic N) is 1. The van der Waals surface area contributed by atoms with Crippen molar-refractivity contribution in [3.05, 3.63) is 41.7 Å². The highest BCUT2D eigenvalue weighted by Crippen LogP contribution is 2.16. The summed E-state index contributed by atoms with van der Waals surface area (Å²) in [5, 5.41) is -0.422. The number of pyridine rings is 1. The van der Waals surface area contributed by atoms with Crippen molar-refractivity contribution in [3.63, 3.8) is 0 Å². The third kappa shape index (κ3) is 1.23. The first-order valence-electron chi connectivity index (χ1n) is 3.96. The van der Waals surface area contributed by atoms with Crippen molar-refractivity contribution < 1.29 is 4.79 Å². The smallest absolute Gasteiger partial charge is 0.269 e. The molecule has 0 saturated carbocycles. The van der Waals surface area contributed by atoms with E-state index in [4.69, 9.17) is 11.6 Å². The molecule has 2 rings (SSSR count). The van der Waals surface area contributed by atoms with Crippen molar-refractivity contribution in [3.8, 4) is 0 Å². The van der Waals surface area contributed by atoms with Crippen LogP contribution in [0.2, 0.25) is 0 Å². The van der Waals surface area contributed by atoms with Gasteiger partial charge in [0, 0.05) is 11.7 Å². The summed E-state index contributed by atoms with van der Waals surface area (Å²) in [7, 11) is 0. The highest BCUT2D eigenvalue weighted by Gasteiger charge is 2.09. The summed E-state index contributed by atoms with van der Waals surface area (Å²) in [6, 6.07) is 7.56. The summed E-state index contributed by atoms with van der Waals surface area (Å²) in [4.78, 5) is 11.0. The molecule has 0 saturated heterocycles. The third-order valence-electron chi connectivity index (χ3n) is 2.08. The van der Waals surface area contributed by atoms with E-state index in [1.54, 1.807) is 10.5 Å². The second kappa shape index (κ2) is 2.89. The second-order valence-electron chi connectivity index (χ2n) is 2.94. The molecule has 0 amide bonds. The Balaban J connectivity index is 2.85. The van der Waals surface area contributed by atoms with Crippen molar-refractivity contribution >= 4 is 22.4 Å². The van der Waals surface area contributed by atoms with Crippen molar-refractivity contribution in [2.24, 2.45) is 0 Å². The van der Waals surface area contributed by atoms with Crippen LogP contribution in [-0.4, -0.2) is 9.64 Å². The quantitative estimate of drug-likeness (QED) is 0.638. The molecular weight excluding hydrogens is 186 g/mol. The molecule has 0 aromatic carbocycles. The standard InChI is InChI=1S/C10H8ClNO/c1-7-6-9(10(11)13)12-5-3-2-4-8(7)12/h2-6H,1H3. The van der Waals surface area contributed by atoms with Crippen LogP contribution in [0.4, 0.5) is 0 Å². The molecule has 0 spiro atoms. The number of fused-ring (bicyclic) bond motifs is 1. The average molecular weight is 194 g/mol. The van der Waals surface area contributed by atoms with Gasteiger partial charge in [0.1, 0.15) is 5.69 Å². The van der Waals surface area contributed by atoms with Gasteiger partial charge in [-0.05, 0) is 42.3 Å². The van der Waals surface area contributed by atoms with Gasteiger partial charge in [0.2, 0.25) is 0 Å². The minimum atomic E-state index is -0.422. The first kappa shape index (κ1) is 8.32. The number of halogens is 1. The lowest BCUT2D eigenvalue weighted by Crippen LogP contribution is -1.94. The molecule has 0 aliphatic rings. The molecule has 0 aliphatic carbocycles. The van der Waals surface area contributed by atoms with Gasteiger partial charge in [-0.2, -0.15) is 0 Å². The lowest BCUT2D eigenvalue weighted by atomic mass is 10.3. The molecule has 2 nitrogen and oxygen atoms in total. The van der Waals surface area contributed by atoms with E-state index in [1.807, 2.05) is 31.3 Å². The van der Waals surface area contributed by atoms with Gasteiger partial charge in [-0.25, -0.2) is 0 Å². The number of aryl methyl sites for hydroxylation is 1. The molecule has 13 heavy (non-hydrogen) atoms. The van der Waals surface area contributed by atoms with E-state index in [-0.39, 0.29) is 0 Å². The van der Waals surface area contributed by atoms with Crippen molar-refractivity contribution in [2.45, 2.75) is 6.92 Å². The molecule has 66 valence electrons. The Bertz CT molecular complexity index is 473. The van der Waals surface area contributed by atoms with Crippen molar-refractivity contribution in [2.75, 3.05) is 0 Å². The molecule has 0 radical (unpaired) electrons. The minimum absolute atomic E-state index is 0.422. The van der Waals surface area contributed by atoms with Crippen LogP contribution in [0.5, 0.6) is 0 Å². The molecule has 2 heterocycles. The minimum Gasteiger partial charge on any atom is -0.313 e. The molecule has 2 aromatic rings. The maximum Gasteiger partial charge on any atom is 0.269 e. The van der Waals surface area contributed by atoms with Gasteiger partial charge < -0.3 is 4.40 Å². The Kier molecular flexibility index (Phi) is 1.85. The maximum absolute atomic E-state index is 11.0. The summed E-state index contributed by atoms with van der Waals surface area (Å²) in [5.41, 5.74) is 2.60. The monoisotopic (exact) mass is 193 g/mol. The third-order valence-corrected chi connectivity index (χ3v) is 2.27. The lowest BCUT2D eigenvalue weighted by molar-refractivity contribution is 0.107. The highest BCUT2D eigenvalue weighted by atomic mass is 35.5. The number of hydrogen-bond donors (Lipinski definition) is 0. The van der Waals surface area contributed by atoms with E-state index >= 15 is 0 Å². The summed E-state index contributed by atoms with van der Waals surface area (Å²) >= 11 is 5.44. The van der Waals surface area contributed by atoms with E-state index in [2.05, 4.69) is 0 Å². The molecule has 2 aromatic heterocycles. The van der Waals surface area contributed by atoms with Crippen LogP contribution < -0.4 is 0 Å². The van der Waals surface area contributed by atoms with E-state index in [9.17, 15) is 4.79 Å². The first-order chi connectivity index (χ1) is 6.20. The molecular formula is C10H8ClNO. The topological polar surface area (TPSA) is 21.5 Å². The normalized spacial score (nSPS) is 10.6. The van der Waals surface area contributed by atoms with Gasteiger partial charge in [-0.3, -0.25) is 4.79 Å². The fourth-order valence-corrected chi connectivity index (χ4v) is 1.62. The SMILES string of the molecule is Cc1cc(C(=O)Cl)n2ccccc12. The predicted octanol–water partition coefficient (Wildman–Crippen LogP) is 2.63. The zero-order chi connectivity index (χ0) is 9.42. The summed E-state index contributed by atoms with van der Waals surface area (Å²) < 4.78 is 1.80. The van der Waals surface area contributed by atoms with Gasteiger partial charge in [0.15, 0.2) is 0 Å². The van der Waals surface area contributed by atoms with Gasteiger partial charge in [0.05, 0.1) is 0 Å². The fourth-order valence-electron chi connectivity index (χ4n) is 1.47. The molecule has 0 N–H and O–H groups in total. The van der Waals surface area contributed by atoms with Gasteiger partial charge >= 0.3 is 0 Å². The van der Waals surface area contributed by atoms with Crippen LogP contribution in [0.15, 0.2) is 30.5 Å². The Morgan fingerprint density at radius 3 is 2.92 bits per heavy atom. The van der Waals surface area contributed by atoms with Gasteiger partial charge in [-0.1, -0.05) is 6.07 Å². The van der Waals surface area contributed by atoms with E-state index in [1.165, 1.54) is 0 Å². The Morgan fingerprint density at radius 1 is 1.46 bits per heavy atom. The number of rotatable bonds is 1. The van der Waals surface area contributed by atoms with Crippen molar-refractivity contribution in [1.29, 1.82) is 0 Å². The fraction of sp³-hybridized carbons (Fsp3) is 0.100. The lowest BCUT2D eigenvalue weighted by Gasteiger charge is -1.96. The Hall–Kier alpha value is -1.28. The molecule has 0 aliphatic heterocycles. The van der Waals surface area contributed by atoms with Crippen LogP contribution in [-0.2, 0) is 0 Å². The van der Waals surface area contributed by atoms with Crippen LogP contribution in [0.3, 0.4) is 0 Å². The van der Waals surface area contributed by atoms with Gasteiger partial charge in [-0.15, -0.1) is 0 Å². The number of aromatic nitrogens is 1. The number of carbonyl (C=O) groups is 1. The zero-order valence-corrected chi connectivity index (χ0v) is 7.88. The summed E-state index contributed by atoms with van der Waals surface area (Å²) in [5.74, 6) is 0.